The first-order chi connectivity index (χ1) is 10.2. The minimum absolute atomic E-state index is 0.173. The van der Waals surface area contributed by atoms with Gasteiger partial charge in [0.2, 0.25) is 5.91 Å². The summed E-state index contributed by atoms with van der Waals surface area (Å²) in [5.41, 5.74) is 2.06. The predicted molar refractivity (Wildman–Crippen MR) is 87.4 cm³/mol. The molecule has 0 heterocycles. The van der Waals surface area contributed by atoms with Crippen molar-refractivity contribution >= 4 is 17.3 Å². The monoisotopic (exact) mass is 286 g/mol. The quantitative estimate of drug-likeness (QED) is 0.848. The molecule has 2 atom stereocenters. The number of carbonyl (C=O) groups excluding carboxylic acids is 1. The van der Waals surface area contributed by atoms with E-state index in [1.807, 2.05) is 12.1 Å². The molecule has 21 heavy (non-hydrogen) atoms. The standard InChI is InChI=1S/C18H26N2O/c1-13-3-2-4-14(11-13)12-19-16-7-9-17(10-8-16)20-18(21)15-5-6-15/h7-10,13-15,19H,2-6,11-12H2,1H3,(H,20,21). The van der Waals surface area contributed by atoms with E-state index in [2.05, 4.69) is 29.7 Å². The third-order valence-corrected chi connectivity index (χ3v) is 4.74. The van der Waals surface area contributed by atoms with Gasteiger partial charge < -0.3 is 10.6 Å². The molecule has 1 amide bonds. The largest absolute Gasteiger partial charge is 0.385 e. The van der Waals surface area contributed by atoms with E-state index in [0.717, 1.165) is 42.6 Å². The summed E-state index contributed by atoms with van der Waals surface area (Å²) in [6.45, 7) is 3.43. The zero-order valence-corrected chi connectivity index (χ0v) is 12.9. The maximum absolute atomic E-state index is 11.7. The van der Waals surface area contributed by atoms with E-state index in [-0.39, 0.29) is 11.8 Å². The van der Waals surface area contributed by atoms with Crippen molar-refractivity contribution in [3.63, 3.8) is 0 Å². The molecular weight excluding hydrogens is 260 g/mol. The van der Waals surface area contributed by atoms with Crippen LogP contribution < -0.4 is 10.6 Å². The Labute approximate surface area is 127 Å². The lowest BCUT2D eigenvalue weighted by Gasteiger charge is -2.27. The van der Waals surface area contributed by atoms with Crippen LogP contribution in [-0.4, -0.2) is 12.5 Å². The lowest BCUT2D eigenvalue weighted by atomic mass is 9.82. The molecule has 1 aromatic rings. The van der Waals surface area contributed by atoms with Crippen LogP contribution in [0.3, 0.4) is 0 Å². The molecule has 2 aliphatic carbocycles. The van der Waals surface area contributed by atoms with Gasteiger partial charge in [-0.15, -0.1) is 0 Å². The van der Waals surface area contributed by atoms with Gasteiger partial charge in [0, 0.05) is 23.8 Å². The Morgan fingerprint density at radius 1 is 1.10 bits per heavy atom. The highest BCUT2D eigenvalue weighted by Crippen LogP contribution is 2.31. The lowest BCUT2D eigenvalue weighted by Crippen LogP contribution is -2.21. The fourth-order valence-corrected chi connectivity index (χ4v) is 3.27. The molecule has 3 heteroatoms. The van der Waals surface area contributed by atoms with E-state index in [0.29, 0.717) is 0 Å². The maximum atomic E-state index is 11.7. The summed E-state index contributed by atoms with van der Waals surface area (Å²) in [5.74, 6) is 2.12. The van der Waals surface area contributed by atoms with Crippen molar-refractivity contribution in [3.05, 3.63) is 24.3 Å². The van der Waals surface area contributed by atoms with Crippen LogP contribution in [0.5, 0.6) is 0 Å². The molecule has 0 aromatic heterocycles. The molecule has 1 aromatic carbocycles. The maximum Gasteiger partial charge on any atom is 0.227 e. The van der Waals surface area contributed by atoms with Crippen LogP contribution in [0.25, 0.3) is 0 Å². The summed E-state index contributed by atoms with van der Waals surface area (Å²) in [5, 5.41) is 6.51. The molecule has 114 valence electrons. The topological polar surface area (TPSA) is 41.1 Å². The molecule has 2 aliphatic rings. The van der Waals surface area contributed by atoms with E-state index in [9.17, 15) is 4.79 Å². The van der Waals surface area contributed by atoms with Gasteiger partial charge in [-0.2, -0.15) is 0 Å². The number of carbonyl (C=O) groups is 1. The molecule has 3 nitrogen and oxygen atoms in total. The molecule has 0 bridgehead atoms. The van der Waals surface area contributed by atoms with Gasteiger partial charge in [0.1, 0.15) is 0 Å². The second-order valence-electron chi connectivity index (χ2n) is 6.86. The highest BCUT2D eigenvalue weighted by atomic mass is 16.2. The van der Waals surface area contributed by atoms with Crippen molar-refractivity contribution in [1.82, 2.24) is 0 Å². The first kappa shape index (κ1) is 14.4. The molecule has 2 N–H and O–H groups in total. The van der Waals surface area contributed by atoms with Crippen molar-refractivity contribution in [2.75, 3.05) is 17.2 Å². The molecule has 0 radical (unpaired) electrons. The van der Waals surface area contributed by atoms with Gasteiger partial charge >= 0.3 is 0 Å². The summed E-state index contributed by atoms with van der Waals surface area (Å²) in [6, 6.07) is 8.11. The lowest BCUT2D eigenvalue weighted by molar-refractivity contribution is -0.117. The van der Waals surface area contributed by atoms with Gasteiger partial charge in [0.25, 0.3) is 0 Å². The number of rotatable bonds is 5. The Bertz CT molecular complexity index is 478. The van der Waals surface area contributed by atoms with Crippen molar-refractivity contribution in [2.45, 2.75) is 45.4 Å². The van der Waals surface area contributed by atoms with E-state index in [4.69, 9.17) is 0 Å². The average molecular weight is 286 g/mol. The Morgan fingerprint density at radius 2 is 1.81 bits per heavy atom. The van der Waals surface area contributed by atoms with Crippen LogP contribution in [0.1, 0.15) is 45.4 Å². The molecule has 3 rings (SSSR count). The molecule has 2 fully saturated rings. The van der Waals surface area contributed by atoms with Crippen LogP contribution in [0.4, 0.5) is 11.4 Å². The van der Waals surface area contributed by atoms with Crippen molar-refractivity contribution in [1.29, 1.82) is 0 Å². The van der Waals surface area contributed by atoms with Crippen LogP contribution >= 0.6 is 0 Å². The van der Waals surface area contributed by atoms with Gasteiger partial charge in [-0.05, 0) is 61.8 Å². The number of nitrogens with one attached hydrogen (secondary N) is 2. The summed E-state index contributed by atoms with van der Waals surface area (Å²) in [7, 11) is 0. The number of hydrogen-bond acceptors (Lipinski definition) is 2. The summed E-state index contributed by atoms with van der Waals surface area (Å²) >= 11 is 0. The second kappa shape index (κ2) is 6.50. The number of amides is 1. The summed E-state index contributed by atoms with van der Waals surface area (Å²) in [4.78, 5) is 11.7. The minimum atomic E-state index is 0.173. The fourth-order valence-electron chi connectivity index (χ4n) is 3.27. The number of benzene rings is 1. The Hall–Kier alpha value is -1.51. The zero-order chi connectivity index (χ0) is 14.7. The fraction of sp³-hybridized carbons (Fsp3) is 0.611. The molecule has 0 spiro atoms. The third-order valence-electron chi connectivity index (χ3n) is 4.74. The van der Waals surface area contributed by atoms with Crippen LogP contribution in [0.15, 0.2) is 24.3 Å². The van der Waals surface area contributed by atoms with E-state index in [1.54, 1.807) is 0 Å². The van der Waals surface area contributed by atoms with Crippen molar-refractivity contribution in [3.8, 4) is 0 Å². The Kier molecular flexibility index (Phi) is 4.47. The van der Waals surface area contributed by atoms with Gasteiger partial charge in [0.05, 0.1) is 0 Å². The third kappa shape index (κ3) is 4.23. The first-order valence-corrected chi connectivity index (χ1v) is 8.35. The number of hydrogen-bond donors (Lipinski definition) is 2. The highest BCUT2D eigenvalue weighted by molar-refractivity contribution is 5.94. The Morgan fingerprint density at radius 3 is 2.48 bits per heavy atom. The molecular formula is C18H26N2O. The SMILES string of the molecule is CC1CCCC(CNc2ccc(NC(=O)C3CC3)cc2)C1. The summed E-state index contributed by atoms with van der Waals surface area (Å²) < 4.78 is 0. The smallest absolute Gasteiger partial charge is 0.227 e. The summed E-state index contributed by atoms with van der Waals surface area (Å²) in [6.07, 6.45) is 7.57. The normalized spacial score (nSPS) is 25.4. The van der Waals surface area contributed by atoms with Gasteiger partial charge in [-0.25, -0.2) is 0 Å². The van der Waals surface area contributed by atoms with E-state index < -0.39 is 0 Å². The van der Waals surface area contributed by atoms with E-state index in [1.165, 1.54) is 25.7 Å². The van der Waals surface area contributed by atoms with Crippen LogP contribution in [0.2, 0.25) is 0 Å². The Balaban J connectivity index is 1.46. The zero-order valence-electron chi connectivity index (χ0n) is 12.9. The van der Waals surface area contributed by atoms with Gasteiger partial charge in [-0.3, -0.25) is 4.79 Å². The van der Waals surface area contributed by atoms with Gasteiger partial charge in [0.15, 0.2) is 0 Å². The van der Waals surface area contributed by atoms with Crippen LogP contribution in [0, 0.1) is 17.8 Å². The van der Waals surface area contributed by atoms with Crippen molar-refractivity contribution < 1.29 is 4.79 Å². The first-order valence-electron chi connectivity index (χ1n) is 8.35. The second-order valence-corrected chi connectivity index (χ2v) is 6.86. The molecule has 2 saturated carbocycles. The predicted octanol–water partition coefficient (Wildman–Crippen LogP) is 4.27. The van der Waals surface area contributed by atoms with Crippen molar-refractivity contribution in [2.24, 2.45) is 17.8 Å². The van der Waals surface area contributed by atoms with E-state index >= 15 is 0 Å². The number of anilines is 2. The van der Waals surface area contributed by atoms with Gasteiger partial charge in [-0.1, -0.05) is 19.8 Å². The molecule has 2 unspecified atom stereocenters. The minimum Gasteiger partial charge on any atom is -0.385 e. The highest BCUT2D eigenvalue weighted by Gasteiger charge is 2.29. The van der Waals surface area contributed by atoms with Crippen LogP contribution in [-0.2, 0) is 4.79 Å². The molecule has 0 saturated heterocycles. The average Bonchev–Trinajstić information content (AvgIpc) is 3.31. The molecule has 0 aliphatic heterocycles.